The van der Waals surface area contributed by atoms with Gasteiger partial charge >= 0.3 is 6.18 Å². The van der Waals surface area contributed by atoms with Gasteiger partial charge in [0.1, 0.15) is 0 Å². The summed E-state index contributed by atoms with van der Waals surface area (Å²) in [7, 11) is 3.25. The molecule has 0 aromatic carbocycles. The zero-order chi connectivity index (χ0) is 76.0. The molecular formula is C77H136F7N7O4. The zero-order valence-electron chi connectivity index (χ0n) is 66.1. The summed E-state index contributed by atoms with van der Waals surface area (Å²) in [6, 6.07) is 0. The molecule has 7 rings (SSSR count). The minimum atomic E-state index is -4.06. The van der Waals surface area contributed by atoms with E-state index in [4.69, 9.17) is 33.5 Å². The predicted molar refractivity (Wildman–Crippen MR) is 379 cm³/mol. The van der Waals surface area contributed by atoms with E-state index in [1.54, 1.807) is 40.3 Å². The molecule has 2 saturated heterocycles. The van der Waals surface area contributed by atoms with E-state index in [9.17, 15) is 35.5 Å². The second-order valence-corrected chi connectivity index (χ2v) is 37.6. The van der Waals surface area contributed by atoms with E-state index >= 15 is 0 Å². The molecule has 5 aliphatic rings. The minimum absolute atomic E-state index is 0.00694. The maximum absolute atomic E-state index is 13.1. The Balaban J connectivity index is 0. The summed E-state index contributed by atoms with van der Waals surface area (Å²) in [6.45, 7) is 70.1. The van der Waals surface area contributed by atoms with Crippen LogP contribution < -0.4 is 5.32 Å². The number of aromatic amines is 2. The number of carbonyl (C=O) groups excluding carboxylic acids is 1. The molecule has 0 radical (unpaired) electrons. The second-order valence-electron chi connectivity index (χ2n) is 37.6. The molecule has 2 aliphatic heterocycles. The first-order valence-corrected chi connectivity index (χ1v) is 33.8. The first-order valence-electron chi connectivity index (χ1n) is 33.8. The van der Waals surface area contributed by atoms with Crippen LogP contribution in [0.2, 0.25) is 0 Å². The second kappa shape index (κ2) is 33.3. The predicted octanol–water partition coefficient (Wildman–Crippen LogP) is 20.6. The number of H-pyrrole nitrogens is 2. The highest BCUT2D eigenvalue weighted by molar-refractivity contribution is 5.84. The largest absolute Gasteiger partial charge is 0.392 e. The quantitative estimate of drug-likeness (QED) is 0.192. The molecule has 1 amide bonds. The zero-order valence-corrected chi connectivity index (χ0v) is 66.1. The topological polar surface area (TPSA) is 140 Å². The highest BCUT2D eigenvalue weighted by Crippen LogP contribution is 2.62. The van der Waals surface area contributed by atoms with E-state index in [0.29, 0.717) is 38.7 Å². The van der Waals surface area contributed by atoms with Gasteiger partial charge in [-0.25, -0.2) is 17.6 Å². The number of nitrogens with one attached hydrogen (secondary N) is 3. The Hall–Kier alpha value is -4.18. The number of hydrogen-bond donors (Lipinski definition) is 3. The lowest BCUT2D eigenvalue weighted by Crippen LogP contribution is -2.60. The normalized spacial score (nSPS) is 19.7. The van der Waals surface area contributed by atoms with E-state index in [2.05, 4.69) is 206 Å². The molecule has 552 valence electrons. The lowest BCUT2D eigenvalue weighted by Gasteiger charge is -2.54. The van der Waals surface area contributed by atoms with Crippen molar-refractivity contribution < 1.29 is 49.7 Å². The van der Waals surface area contributed by atoms with Gasteiger partial charge < -0.3 is 19.5 Å². The monoisotopic (exact) mass is 1360 g/mol. The fourth-order valence-electron chi connectivity index (χ4n) is 9.72. The molecule has 11 nitrogen and oxygen atoms in total. The fourth-order valence-corrected chi connectivity index (χ4v) is 9.72. The van der Waals surface area contributed by atoms with Crippen molar-refractivity contribution in [2.24, 2.45) is 82.2 Å². The van der Waals surface area contributed by atoms with Crippen molar-refractivity contribution in [3.05, 3.63) is 23.8 Å². The SMILES string of the molecule is C#CC(C)(C)C(C)(C)C.C#CC1(C(C)(C)C)CC1.C#CCC(C)(C)C.CC(C)(C)C1(C)COC1.CC(C)(C)C1(c2cn[nH]n2)CC(F)(F)C1.CC(C)C(C)(C)c1cn[nH]n1.CNC(=O)C1(C(C)(C)C)CC(F)(F)C1.COCC1(C(C)(C)C)COC1.C[C@@H](C(C)(C)C)C(F)(F)F. The number of nitrogens with zero attached hydrogens (tertiary/aromatic N) is 4. The smallest absolute Gasteiger partial charge is 0.384 e. The average Bonchev–Trinajstić information content (AvgIpc) is 0.786. The van der Waals surface area contributed by atoms with Crippen LogP contribution in [-0.4, -0.2) is 102 Å². The van der Waals surface area contributed by atoms with Crippen LogP contribution in [0.15, 0.2) is 12.4 Å². The first kappa shape index (κ1) is 92.9. The van der Waals surface area contributed by atoms with Gasteiger partial charge in [0.05, 0.1) is 68.1 Å². The molecule has 3 N–H and O–H groups in total. The molecule has 0 spiro atoms. The van der Waals surface area contributed by atoms with E-state index in [0.717, 1.165) is 45.1 Å². The number of terminal acetylenes is 3. The highest BCUT2D eigenvalue weighted by Gasteiger charge is 2.66. The first-order chi connectivity index (χ1) is 42.0. The summed E-state index contributed by atoms with van der Waals surface area (Å²) in [5.74, 6) is 2.14. The van der Waals surface area contributed by atoms with Crippen molar-refractivity contribution >= 4 is 5.91 Å². The van der Waals surface area contributed by atoms with Crippen molar-refractivity contribution in [1.29, 1.82) is 0 Å². The summed E-state index contributed by atoms with van der Waals surface area (Å²) in [5.41, 5.74) is 1.55. The number of hydrogen-bond acceptors (Lipinski definition) is 8. The number of aromatic nitrogens is 6. The molecular weight excluding hydrogens is 1220 g/mol. The Labute approximate surface area is 575 Å². The van der Waals surface area contributed by atoms with Crippen LogP contribution in [0.25, 0.3) is 0 Å². The van der Waals surface area contributed by atoms with Crippen molar-refractivity contribution in [3.63, 3.8) is 0 Å². The van der Waals surface area contributed by atoms with Gasteiger partial charge in [-0.2, -0.15) is 44.0 Å². The summed E-state index contributed by atoms with van der Waals surface area (Å²) in [5, 5.41) is 23.2. The van der Waals surface area contributed by atoms with Crippen LogP contribution in [0.1, 0.15) is 278 Å². The summed E-state index contributed by atoms with van der Waals surface area (Å²) >= 11 is 0. The Morgan fingerprint density at radius 2 is 1.06 bits per heavy atom. The number of amides is 1. The van der Waals surface area contributed by atoms with Crippen LogP contribution >= 0.6 is 0 Å². The van der Waals surface area contributed by atoms with Crippen LogP contribution in [0, 0.1) is 119 Å². The Kier molecular flexibility index (Phi) is 32.6. The molecule has 95 heavy (non-hydrogen) atoms. The minimum Gasteiger partial charge on any atom is -0.384 e. The Morgan fingerprint density at radius 1 is 0.632 bits per heavy atom. The maximum Gasteiger partial charge on any atom is 0.392 e. The molecule has 18 heteroatoms. The van der Waals surface area contributed by atoms with Crippen LogP contribution in [0.5, 0.6) is 0 Å². The third-order valence-corrected chi connectivity index (χ3v) is 21.7. The van der Waals surface area contributed by atoms with E-state index in [1.807, 2.05) is 41.5 Å². The number of halogens is 7. The maximum atomic E-state index is 13.1. The number of carbonyl (C=O) groups is 1. The highest BCUT2D eigenvalue weighted by atomic mass is 19.4. The van der Waals surface area contributed by atoms with Crippen molar-refractivity contribution in [3.8, 4) is 37.0 Å². The van der Waals surface area contributed by atoms with Crippen molar-refractivity contribution in [2.75, 3.05) is 47.2 Å². The Bertz CT molecular complexity index is 2640. The van der Waals surface area contributed by atoms with E-state index in [-0.39, 0.29) is 64.1 Å². The van der Waals surface area contributed by atoms with Crippen molar-refractivity contribution in [1.82, 2.24) is 36.1 Å². The molecule has 5 fully saturated rings. The van der Waals surface area contributed by atoms with Crippen LogP contribution in [-0.2, 0) is 29.8 Å². The van der Waals surface area contributed by atoms with Crippen molar-refractivity contribution in [2.45, 2.75) is 295 Å². The third-order valence-electron chi connectivity index (χ3n) is 21.7. The van der Waals surface area contributed by atoms with Gasteiger partial charge in [0, 0.05) is 78.8 Å². The summed E-state index contributed by atoms with van der Waals surface area (Å²) < 4.78 is 103. The summed E-state index contributed by atoms with van der Waals surface area (Å²) in [4.78, 5) is 11.6. The van der Waals surface area contributed by atoms with E-state index < -0.39 is 45.6 Å². The molecule has 3 saturated carbocycles. The Morgan fingerprint density at radius 3 is 1.20 bits per heavy atom. The van der Waals surface area contributed by atoms with Gasteiger partial charge in [0.25, 0.3) is 0 Å². The third kappa shape index (κ3) is 26.8. The van der Waals surface area contributed by atoms with Gasteiger partial charge in [0.15, 0.2) is 0 Å². The molecule has 2 aromatic rings. The molecule has 4 heterocycles. The summed E-state index contributed by atoms with van der Waals surface area (Å²) in [6.07, 6.45) is 17.5. The lowest BCUT2D eigenvalue weighted by molar-refractivity contribution is -0.204. The molecule has 3 aliphatic carbocycles. The average molecular weight is 1360 g/mol. The standard InChI is InChI=1S/C10H15F2N3.C10H17F2NO.C9H18O2.C9H14.C9H16.C8H15N3.C8H16O.C7H13F3.C7H12/c1-8(2,3)9(5-10(11,12)6-9)7-4-13-15-14-7;1-8(2,3)9(7(14)13-4)5-10(11,12)6-9;1-8(2,3)9(5-10-4)6-11-7-9;1-5-9(6-7-9)8(2,3)4;1-7-9(5,6)8(2,3)4;1-6(2)8(3,4)7-5-9-11-10-7;1-7(2,3)8(4)5-9-6-8;1-5(6(2,3)4)7(8,9)10;1-5-6-7(2,3)4/h4H,5-6H2,1-3H3,(H,13,14,15);5-6H2,1-4H3,(H,13,14);5-7H2,1-4H3;1H,6-7H2,2-4H3;1H,2-6H3;5-6H,1-4H3,(H,9,10,11);5-6H2,1-4H3;5H,1-4H3;1H,6H2,2-4H3/t;;;;;;;5-;/m.......0./s1. The van der Waals surface area contributed by atoms with Gasteiger partial charge in [-0.3, -0.25) is 4.79 Å². The van der Waals surface area contributed by atoms with Crippen LogP contribution in [0.3, 0.4) is 0 Å². The number of methoxy groups -OCH3 is 1. The fraction of sp³-hybridized carbons (Fsp3) is 0.857. The molecule has 0 bridgehead atoms. The van der Waals surface area contributed by atoms with Gasteiger partial charge in [-0.05, 0) is 75.9 Å². The van der Waals surface area contributed by atoms with E-state index in [1.165, 1.54) is 26.8 Å². The number of rotatable bonds is 6. The molecule has 0 unspecified atom stereocenters. The lowest BCUT2D eigenvalue weighted by atomic mass is 9.52. The molecule has 2 aromatic heterocycles. The van der Waals surface area contributed by atoms with Gasteiger partial charge in [-0.15, -0.1) is 25.2 Å². The number of ether oxygens (including phenoxy) is 3. The van der Waals surface area contributed by atoms with Gasteiger partial charge in [0.2, 0.25) is 17.8 Å². The van der Waals surface area contributed by atoms with Gasteiger partial charge in [-0.1, -0.05) is 220 Å². The number of alkyl halides is 7. The molecule has 1 atom stereocenters. The van der Waals surface area contributed by atoms with Crippen LogP contribution in [0.4, 0.5) is 30.7 Å².